The maximum Gasteiger partial charge on any atom is 0.338 e. The summed E-state index contributed by atoms with van der Waals surface area (Å²) in [5.41, 5.74) is -4.83. The van der Waals surface area contributed by atoms with Crippen LogP contribution in [0.1, 0.15) is 83.0 Å². The molecule has 4 N–H and O–H groups in total. The van der Waals surface area contributed by atoms with Crippen molar-refractivity contribution in [3.63, 3.8) is 0 Å². The van der Waals surface area contributed by atoms with E-state index in [9.17, 15) is 25.2 Å². The first kappa shape index (κ1) is 32.3. The number of fused-ring (bicyclic) bond motifs is 1. The second-order valence-corrected chi connectivity index (χ2v) is 16.0. The van der Waals surface area contributed by atoms with E-state index < -0.39 is 89.2 Å². The van der Waals surface area contributed by atoms with E-state index in [1.54, 1.807) is 24.3 Å². The second-order valence-electron chi connectivity index (χ2n) is 16.0. The van der Waals surface area contributed by atoms with Crippen LogP contribution < -0.4 is 0 Å². The number of aliphatic hydroxyl groups is 4. The lowest BCUT2D eigenvalue weighted by molar-refractivity contribution is -0.458. The van der Waals surface area contributed by atoms with Gasteiger partial charge in [0.2, 0.25) is 0 Å². The van der Waals surface area contributed by atoms with Crippen LogP contribution >= 0.6 is 0 Å². The number of carbonyl (C=O) groups excluding carboxylic acids is 1. The highest BCUT2D eigenvalue weighted by molar-refractivity contribution is 5.89. The lowest BCUT2D eigenvalue weighted by Crippen LogP contribution is -2.74. The van der Waals surface area contributed by atoms with Crippen molar-refractivity contribution in [1.29, 1.82) is 0 Å². The molecule has 1 unspecified atom stereocenters. The highest BCUT2D eigenvalue weighted by Crippen LogP contribution is 2.75. The number of ether oxygens (including phenoxy) is 5. The van der Waals surface area contributed by atoms with Crippen LogP contribution in [0.15, 0.2) is 42.5 Å². The molecule has 8 rings (SSSR count). The molecule has 3 bridgehead atoms. The summed E-state index contributed by atoms with van der Waals surface area (Å²) in [5, 5.41) is 48.9. The average Bonchev–Trinajstić information content (AvgIpc) is 3.69. The number of aliphatic hydroxyl groups excluding tert-OH is 3. The number of esters is 1. The summed E-state index contributed by atoms with van der Waals surface area (Å²) in [7, 11) is 0. The standard InChI is InChI=1S/C37H50O10/c1-19(2)33-17-21(4)36-26-29(33)45-37(46-33,47-36)24(39)16-12-7-6-9-13-20(3)25-22(5)28(43-31(40)23-14-10-8-11-15-23)35(42,27(25)36)32(41)34(18-38)30(26)44-34/h8,10-11,14-15,20-22,24-30,32,38-39,41-42H,1,6-7,9,12-13,16-18H2,2-5H3/t20-,21+,22-,24+,25-,26+,27+,28-,29-,30-,32+,33+,34-,35+,36+,37?/m0/s1. The molecule has 7 fully saturated rings. The van der Waals surface area contributed by atoms with E-state index in [0.29, 0.717) is 18.4 Å². The molecule has 4 saturated heterocycles. The number of hydrogen-bond acceptors (Lipinski definition) is 10. The van der Waals surface area contributed by atoms with E-state index in [2.05, 4.69) is 20.4 Å². The number of benzene rings is 1. The zero-order valence-corrected chi connectivity index (χ0v) is 27.8. The zero-order valence-electron chi connectivity index (χ0n) is 27.8. The molecular weight excluding hydrogens is 604 g/mol. The molecule has 3 saturated carbocycles. The van der Waals surface area contributed by atoms with Crippen molar-refractivity contribution in [2.75, 3.05) is 6.61 Å². The minimum Gasteiger partial charge on any atom is -0.455 e. The van der Waals surface area contributed by atoms with Crippen LogP contribution in [-0.4, -0.2) is 91.9 Å². The Labute approximate surface area is 276 Å². The van der Waals surface area contributed by atoms with Crippen molar-refractivity contribution in [2.45, 2.75) is 132 Å². The van der Waals surface area contributed by atoms with Gasteiger partial charge in [-0.05, 0) is 61.1 Å². The normalized spacial score (nSPS) is 54.3. The quantitative estimate of drug-likeness (QED) is 0.216. The fraction of sp³-hybridized carbons (Fsp3) is 0.757. The van der Waals surface area contributed by atoms with E-state index in [1.165, 1.54) is 0 Å². The third-order valence-corrected chi connectivity index (χ3v) is 13.7. The molecule has 0 aromatic heterocycles. The van der Waals surface area contributed by atoms with Crippen molar-refractivity contribution in [3.8, 4) is 0 Å². The first-order valence-corrected chi connectivity index (χ1v) is 17.7. The van der Waals surface area contributed by atoms with Crippen LogP contribution in [0.4, 0.5) is 0 Å². The Morgan fingerprint density at radius 1 is 1.00 bits per heavy atom. The molecule has 1 aromatic rings. The summed E-state index contributed by atoms with van der Waals surface area (Å²) >= 11 is 0. The van der Waals surface area contributed by atoms with Crippen LogP contribution in [0, 0.1) is 35.5 Å². The van der Waals surface area contributed by atoms with Gasteiger partial charge < -0.3 is 44.1 Å². The van der Waals surface area contributed by atoms with Gasteiger partial charge in [-0.2, -0.15) is 0 Å². The van der Waals surface area contributed by atoms with Gasteiger partial charge in [-0.15, -0.1) is 0 Å². The van der Waals surface area contributed by atoms with Gasteiger partial charge in [0.05, 0.1) is 17.8 Å². The molecule has 47 heavy (non-hydrogen) atoms. The van der Waals surface area contributed by atoms with Crippen molar-refractivity contribution in [2.24, 2.45) is 35.5 Å². The van der Waals surface area contributed by atoms with Crippen molar-refractivity contribution in [1.82, 2.24) is 0 Å². The number of hydrogen-bond donors (Lipinski definition) is 4. The van der Waals surface area contributed by atoms with Gasteiger partial charge in [0.25, 0.3) is 0 Å². The van der Waals surface area contributed by atoms with Gasteiger partial charge in [0.15, 0.2) is 0 Å². The van der Waals surface area contributed by atoms with Gasteiger partial charge in [0, 0.05) is 11.8 Å². The second kappa shape index (κ2) is 10.6. The molecule has 0 radical (unpaired) electrons. The lowest BCUT2D eigenvalue weighted by Gasteiger charge is -2.62. The molecule has 4 heterocycles. The molecule has 3 aliphatic carbocycles. The summed E-state index contributed by atoms with van der Waals surface area (Å²) in [6.45, 7) is 11.9. The largest absolute Gasteiger partial charge is 0.455 e. The summed E-state index contributed by atoms with van der Waals surface area (Å²) in [5.74, 6) is -4.73. The minimum atomic E-state index is -2.09. The topological polar surface area (TPSA) is 147 Å². The van der Waals surface area contributed by atoms with Gasteiger partial charge in [-0.1, -0.05) is 77.7 Å². The molecule has 4 aliphatic heterocycles. The lowest BCUT2D eigenvalue weighted by atomic mass is 9.51. The molecule has 258 valence electrons. The molecule has 16 atom stereocenters. The summed E-state index contributed by atoms with van der Waals surface area (Å²) in [4.78, 5) is 13.8. The smallest absolute Gasteiger partial charge is 0.338 e. The van der Waals surface area contributed by atoms with E-state index in [-0.39, 0.29) is 17.8 Å². The molecule has 0 amide bonds. The van der Waals surface area contributed by atoms with E-state index in [4.69, 9.17) is 23.7 Å². The first-order chi connectivity index (χ1) is 22.3. The third-order valence-electron chi connectivity index (χ3n) is 13.7. The summed E-state index contributed by atoms with van der Waals surface area (Å²) < 4.78 is 33.7. The molecule has 7 aliphatic rings. The zero-order chi connectivity index (χ0) is 33.3. The van der Waals surface area contributed by atoms with Crippen LogP contribution in [0.3, 0.4) is 0 Å². The van der Waals surface area contributed by atoms with Crippen LogP contribution in [0.2, 0.25) is 0 Å². The minimum absolute atomic E-state index is 0.0521. The Kier molecular flexibility index (Phi) is 7.26. The molecule has 1 aromatic carbocycles. The first-order valence-electron chi connectivity index (χ1n) is 17.7. The Balaban J connectivity index is 1.37. The van der Waals surface area contributed by atoms with E-state index in [0.717, 1.165) is 37.7 Å². The van der Waals surface area contributed by atoms with E-state index in [1.807, 2.05) is 19.9 Å². The Bertz CT molecular complexity index is 1440. The fourth-order valence-electron chi connectivity index (χ4n) is 11.6. The third kappa shape index (κ3) is 3.93. The number of carbonyl (C=O) groups is 1. The van der Waals surface area contributed by atoms with Crippen LogP contribution in [-0.2, 0) is 23.7 Å². The Morgan fingerprint density at radius 2 is 1.70 bits per heavy atom. The summed E-state index contributed by atoms with van der Waals surface area (Å²) in [6.07, 6.45) is 0.0237. The monoisotopic (exact) mass is 654 g/mol. The van der Waals surface area contributed by atoms with Crippen molar-refractivity contribution < 1.29 is 48.9 Å². The maximum absolute atomic E-state index is 13.8. The van der Waals surface area contributed by atoms with E-state index >= 15 is 0 Å². The number of rotatable bonds is 4. The molecule has 2 spiro atoms. The predicted octanol–water partition coefficient (Wildman–Crippen LogP) is 3.49. The van der Waals surface area contributed by atoms with Gasteiger partial charge in [0.1, 0.15) is 47.3 Å². The average molecular weight is 655 g/mol. The predicted molar refractivity (Wildman–Crippen MR) is 168 cm³/mol. The van der Waals surface area contributed by atoms with Gasteiger partial charge in [-0.3, -0.25) is 0 Å². The Morgan fingerprint density at radius 3 is 2.38 bits per heavy atom. The van der Waals surface area contributed by atoms with Crippen LogP contribution in [0.5, 0.6) is 0 Å². The highest BCUT2D eigenvalue weighted by Gasteiger charge is 2.90. The number of epoxide rings is 1. The summed E-state index contributed by atoms with van der Waals surface area (Å²) in [6, 6.07) is 8.65. The van der Waals surface area contributed by atoms with Crippen molar-refractivity contribution in [3.05, 3.63) is 48.0 Å². The molecule has 10 nitrogen and oxygen atoms in total. The highest BCUT2D eigenvalue weighted by atomic mass is 16.9. The van der Waals surface area contributed by atoms with Gasteiger partial charge in [-0.25, -0.2) is 4.79 Å². The van der Waals surface area contributed by atoms with Crippen LogP contribution in [0.25, 0.3) is 0 Å². The molecular formula is C37H50O10. The fourth-order valence-corrected chi connectivity index (χ4v) is 11.6. The maximum atomic E-state index is 13.8. The van der Waals surface area contributed by atoms with Gasteiger partial charge >= 0.3 is 11.9 Å². The molecule has 10 heteroatoms. The SMILES string of the molecule is C=C(C)[C@]12C[C@@H](C)[C@@]34OC5(O[C@H]1[C@@H]3[C@@H]1O[C@]1(CO)[C@@H](O)[C@@]1(O)[C@H]4[C@H]([C@H](C)[C@@H]1OC(=O)c1ccccc1)[C@@H](C)CCCCCC[C@H]5O)O2. The Hall–Kier alpha value is -1.89. The van der Waals surface area contributed by atoms with Crippen molar-refractivity contribution >= 4 is 5.97 Å².